The molecule has 2 fully saturated rings. The first-order valence-corrected chi connectivity index (χ1v) is 29.1. The first kappa shape index (κ1) is 65.6. The van der Waals surface area contributed by atoms with Crippen LogP contribution in [0.2, 0.25) is 0 Å². The Morgan fingerprint density at radius 3 is 1.38 bits per heavy atom. The third-order valence-electron chi connectivity index (χ3n) is 14.4. The monoisotopic (exact) mass is 1010 g/mol. The molecule has 0 spiro atoms. The molecule has 2 saturated heterocycles. The van der Waals surface area contributed by atoms with Crippen LogP contribution in [0.5, 0.6) is 0 Å². The van der Waals surface area contributed by atoms with Crippen LogP contribution < -0.4 is 5.32 Å². The quantitative estimate of drug-likeness (QED) is 0.0205. The van der Waals surface area contributed by atoms with Crippen molar-refractivity contribution in [1.29, 1.82) is 0 Å². The van der Waals surface area contributed by atoms with Crippen molar-refractivity contribution in [2.45, 2.75) is 312 Å². The Morgan fingerprint density at radius 1 is 0.493 bits per heavy atom. The van der Waals surface area contributed by atoms with E-state index in [9.17, 15) is 45.6 Å². The van der Waals surface area contributed by atoms with E-state index in [0.29, 0.717) is 12.8 Å². The molecule has 71 heavy (non-hydrogen) atoms. The number of aliphatic hydroxyl groups excluding tert-OH is 8. The van der Waals surface area contributed by atoms with Crippen LogP contribution in [0.25, 0.3) is 0 Å². The van der Waals surface area contributed by atoms with E-state index in [-0.39, 0.29) is 18.9 Å². The normalized spacial score (nSPS) is 25.9. The average molecular weight is 1010 g/mol. The second-order valence-corrected chi connectivity index (χ2v) is 20.8. The number of nitrogens with one attached hydrogen (secondary N) is 1. The smallest absolute Gasteiger partial charge is 0.220 e. The number of ether oxygens (including phenoxy) is 4. The molecular weight excluding hydrogens is 907 g/mol. The van der Waals surface area contributed by atoms with Gasteiger partial charge >= 0.3 is 0 Å². The van der Waals surface area contributed by atoms with E-state index in [1.165, 1.54) is 173 Å². The van der Waals surface area contributed by atoms with Crippen molar-refractivity contribution in [3.05, 3.63) is 24.3 Å². The first-order chi connectivity index (χ1) is 34.6. The molecule has 0 bridgehead atoms. The maximum Gasteiger partial charge on any atom is 0.220 e. The van der Waals surface area contributed by atoms with Crippen molar-refractivity contribution in [3.8, 4) is 0 Å². The minimum absolute atomic E-state index is 0.253. The summed E-state index contributed by atoms with van der Waals surface area (Å²) < 4.78 is 22.7. The number of aliphatic hydroxyl groups is 8. The molecule has 12 atom stereocenters. The van der Waals surface area contributed by atoms with Crippen LogP contribution in [-0.2, 0) is 23.7 Å². The molecule has 0 aromatic carbocycles. The van der Waals surface area contributed by atoms with Crippen LogP contribution in [0.3, 0.4) is 0 Å². The maximum absolute atomic E-state index is 13.1. The zero-order valence-corrected chi connectivity index (χ0v) is 44.7. The summed E-state index contributed by atoms with van der Waals surface area (Å²) in [5.41, 5.74) is 0. The molecule has 0 aromatic heterocycles. The van der Waals surface area contributed by atoms with Crippen LogP contribution in [0.1, 0.15) is 239 Å². The Bertz CT molecular complexity index is 1290. The number of allylic oxidation sites excluding steroid dienone is 3. The second-order valence-electron chi connectivity index (χ2n) is 20.8. The topological polar surface area (TPSA) is 228 Å². The van der Waals surface area contributed by atoms with Gasteiger partial charge in [-0.2, -0.15) is 0 Å². The fraction of sp³-hybridized carbons (Fsp3) is 0.912. The first-order valence-electron chi connectivity index (χ1n) is 29.1. The van der Waals surface area contributed by atoms with Gasteiger partial charge in [-0.05, 0) is 32.1 Å². The molecule has 2 heterocycles. The highest BCUT2D eigenvalue weighted by atomic mass is 16.7. The van der Waals surface area contributed by atoms with Crippen LogP contribution >= 0.6 is 0 Å². The lowest BCUT2D eigenvalue weighted by Crippen LogP contribution is -2.65. The summed E-state index contributed by atoms with van der Waals surface area (Å²) in [4.78, 5) is 13.1. The predicted octanol–water partition coefficient (Wildman–Crippen LogP) is 9.28. The Hall–Kier alpha value is -1.53. The summed E-state index contributed by atoms with van der Waals surface area (Å²) in [5, 5.41) is 86.7. The molecule has 2 rings (SSSR count). The molecule has 0 radical (unpaired) electrons. The molecule has 1 amide bonds. The van der Waals surface area contributed by atoms with Crippen molar-refractivity contribution in [2.75, 3.05) is 19.8 Å². The van der Waals surface area contributed by atoms with Gasteiger partial charge in [0.15, 0.2) is 12.6 Å². The van der Waals surface area contributed by atoms with E-state index in [0.717, 1.165) is 32.1 Å². The molecule has 0 aromatic rings. The average Bonchev–Trinajstić information content (AvgIpc) is 3.37. The van der Waals surface area contributed by atoms with E-state index in [4.69, 9.17) is 18.9 Å². The van der Waals surface area contributed by atoms with Crippen molar-refractivity contribution in [1.82, 2.24) is 5.32 Å². The minimum atomic E-state index is -1.79. The fourth-order valence-corrected chi connectivity index (χ4v) is 9.66. The van der Waals surface area contributed by atoms with Gasteiger partial charge in [-0.1, -0.05) is 224 Å². The highest BCUT2D eigenvalue weighted by Crippen LogP contribution is 2.30. The Morgan fingerprint density at radius 2 is 0.901 bits per heavy atom. The van der Waals surface area contributed by atoms with Gasteiger partial charge in [0.25, 0.3) is 0 Å². The molecule has 2 aliphatic heterocycles. The van der Waals surface area contributed by atoms with Crippen LogP contribution in [0, 0.1) is 0 Å². The number of carbonyl (C=O) groups excluding carboxylic acids is 1. The number of rotatable bonds is 46. The number of hydrogen-bond donors (Lipinski definition) is 9. The Labute approximate surface area is 430 Å². The minimum Gasteiger partial charge on any atom is -0.394 e. The van der Waals surface area contributed by atoms with Gasteiger partial charge in [0.2, 0.25) is 5.91 Å². The lowest BCUT2D eigenvalue weighted by molar-refractivity contribution is -0.359. The Kier molecular flexibility index (Phi) is 40.4. The van der Waals surface area contributed by atoms with Crippen LogP contribution in [0.4, 0.5) is 0 Å². The predicted molar refractivity (Wildman–Crippen MR) is 282 cm³/mol. The van der Waals surface area contributed by atoms with Crippen molar-refractivity contribution in [2.24, 2.45) is 0 Å². The zero-order chi connectivity index (χ0) is 51.7. The molecule has 14 heteroatoms. The number of unbranched alkanes of at least 4 members (excludes halogenated alkanes) is 31. The Balaban J connectivity index is 1.68. The van der Waals surface area contributed by atoms with Gasteiger partial charge in [-0.25, -0.2) is 0 Å². The van der Waals surface area contributed by atoms with E-state index in [1.54, 1.807) is 6.08 Å². The van der Waals surface area contributed by atoms with E-state index in [1.807, 2.05) is 6.08 Å². The molecule has 14 nitrogen and oxygen atoms in total. The molecule has 12 unspecified atom stereocenters. The SMILES string of the molecule is CCCCCCCCCCCCCCCCCCCCCCCCC/C=C/CC/C=C/C(O)C(COC1OC(CO)C(OC2OC(CO)C(O)C(O)C2O)C(O)C1O)NC(=O)CCCCCCCCCC. The van der Waals surface area contributed by atoms with E-state index in [2.05, 4.69) is 31.3 Å². The largest absolute Gasteiger partial charge is 0.394 e. The van der Waals surface area contributed by atoms with Crippen molar-refractivity contribution < 1.29 is 64.6 Å². The summed E-state index contributed by atoms with van der Waals surface area (Å²) in [6, 6.07) is -0.925. The summed E-state index contributed by atoms with van der Waals surface area (Å²) in [7, 11) is 0. The molecule has 2 aliphatic rings. The lowest BCUT2D eigenvalue weighted by atomic mass is 9.97. The standard InChI is InChI=1S/C57H107NO13/c1-3-5-7-9-11-13-14-15-16-17-18-19-20-21-22-23-24-25-26-27-28-29-30-31-32-33-34-36-38-40-46(61)45(58-49(62)41-39-37-35-12-10-8-6-4-2)44-68-56-54(67)52(65)55(48(43-60)70-56)71-57-53(66)51(64)50(63)47(42-59)69-57/h32-33,38,40,45-48,50-57,59-61,63-67H,3-31,34-37,39,41-44H2,1-2H3,(H,58,62)/b33-32+,40-38+. The summed E-state index contributed by atoms with van der Waals surface area (Å²) in [5.74, 6) is -0.253. The zero-order valence-electron chi connectivity index (χ0n) is 44.7. The van der Waals surface area contributed by atoms with Gasteiger partial charge < -0.3 is 65.1 Å². The van der Waals surface area contributed by atoms with E-state index < -0.39 is 86.8 Å². The molecule has 418 valence electrons. The van der Waals surface area contributed by atoms with Crippen molar-refractivity contribution in [3.63, 3.8) is 0 Å². The third kappa shape index (κ3) is 30.0. The summed E-state index contributed by atoms with van der Waals surface area (Å²) in [6.07, 6.45) is 34.2. The highest BCUT2D eigenvalue weighted by molar-refractivity contribution is 5.76. The van der Waals surface area contributed by atoms with Gasteiger partial charge in [0, 0.05) is 6.42 Å². The third-order valence-corrected chi connectivity index (χ3v) is 14.4. The highest BCUT2D eigenvalue weighted by Gasteiger charge is 2.51. The molecule has 0 aliphatic carbocycles. The van der Waals surface area contributed by atoms with E-state index >= 15 is 0 Å². The molecule has 9 N–H and O–H groups in total. The number of carbonyl (C=O) groups is 1. The van der Waals surface area contributed by atoms with Crippen LogP contribution in [-0.4, -0.2) is 140 Å². The van der Waals surface area contributed by atoms with Crippen molar-refractivity contribution >= 4 is 5.91 Å². The van der Waals surface area contributed by atoms with Gasteiger partial charge in [0.05, 0.1) is 32.0 Å². The lowest BCUT2D eigenvalue weighted by Gasteiger charge is -2.46. The van der Waals surface area contributed by atoms with Gasteiger partial charge in [-0.15, -0.1) is 0 Å². The molecule has 0 saturated carbocycles. The van der Waals surface area contributed by atoms with Gasteiger partial charge in [-0.3, -0.25) is 4.79 Å². The summed E-state index contributed by atoms with van der Waals surface area (Å²) in [6.45, 7) is 2.75. The second kappa shape index (κ2) is 43.7. The maximum atomic E-state index is 13.1. The van der Waals surface area contributed by atoms with Crippen LogP contribution in [0.15, 0.2) is 24.3 Å². The fourth-order valence-electron chi connectivity index (χ4n) is 9.66. The number of amides is 1. The summed E-state index contributed by atoms with van der Waals surface area (Å²) >= 11 is 0. The number of hydrogen-bond acceptors (Lipinski definition) is 13. The molecular formula is C57H107NO13. The van der Waals surface area contributed by atoms with Gasteiger partial charge in [0.1, 0.15) is 48.8 Å².